The lowest BCUT2D eigenvalue weighted by atomic mass is 10.1. The Bertz CT molecular complexity index is 797. The van der Waals surface area contributed by atoms with Gasteiger partial charge < -0.3 is 11.1 Å². The molecule has 2 aromatic rings. The van der Waals surface area contributed by atoms with Gasteiger partial charge in [-0.2, -0.15) is 0 Å². The maximum atomic E-state index is 12.6. The van der Waals surface area contributed by atoms with Crippen LogP contribution < -0.4 is 21.9 Å². The number of nitrogens with two attached hydrogens (primary N) is 1. The Hall–Kier alpha value is -3.53. The van der Waals surface area contributed by atoms with Crippen molar-refractivity contribution in [2.24, 2.45) is 5.73 Å². The first kappa shape index (κ1) is 20.8. The number of non-ortho nitro benzene ring substituents is 1. The fourth-order valence-electron chi connectivity index (χ4n) is 2.45. The van der Waals surface area contributed by atoms with E-state index in [1.807, 2.05) is 6.07 Å². The quantitative estimate of drug-likeness (QED) is 0.201. The van der Waals surface area contributed by atoms with Crippen molar-refractivity contribution in [3.05, 3.63) is 69.6 Å². The van der Waals surface area contributed by atoms with Gasteiger partial charge in [0.25, 0.3) is 16.6 Å². The van der Waals surface area contributed by atoms with Crippen molar-refractivity contribution in [2.45, 2.75) is 25.3 Å². The molecule has 0 unspecified atom stereocenters. The van der Waals surface area contributed by atoms with E-state index in [1.54, 1.807) is 24.3 Å². The lowest BCUT2D eigenvalue weighted by Crippen LogP contribution is -2.47. The third-order valence-corrected chi connectivity index (χ3v) is 3.89. The number of hydrogen-bond acceptors (Lipinski definition) is 5. The van der Waals surface area contributed by atoms with Gasteiger partial charge in [-0.15, -0.1) is 5.43 Å². The summed E-state index contributed by atoms with van der Waals surface area (Å²) in [4.78, 5) is 35.3. The Morgan fingerprint density at radius 2 is 1.68 bits per heavy atom. The number of hydrazine groups is 2. The Balaban J connectivity index is 2.00. The highest BCUT2D eigenvalue weighted by Crippen LogP contribution is 2.16. The van der Waals surface area contributed by atoms with Crippen LogP contribution in [0.5, 0.6) is 0 Å². The standard InChI is InChI=1S/C18H22N6O4/c19-13-5-4-8-17(22-24(28)21-15-6-2-1-3-7-15)18(25)20-14-9-11-16(12-10-14)23(26)27/h1-3,6-7,9-12,17H,4-5,8,13,19H2,(H2-,20,21,22,25,28)/p+1/t17-/m0/s1. The van der Waals surface area contributed by atoms with Crippen LogP contribution in [0, 0.1) is 15.0 Å². The third kappa shape index (κ3) is 6.65. The van der Waals surface area contributed by atoms with E-state index in [1.165, 1.54) is 24.3 Å². The van der Waals surface area contributed by atoms with Crippen LogP contribution in [-0.4, -0.2) is 28.4 Å². The number of unbranched alkanes of at least 4 members (excludes halogenated alkanes) is 1. The molecule has 0 saturated heterocycles. The van der Waals surface area contributed by atoms with Gasteiger partial charge in [0, 0.05) is 17.8 Å². The number of hydrogen-bond donors (Lipinski definition) is 4. The van der Waals surface area contributed by atoms with E-state index in [2.05, 4.69) is 16.2 Å². The Kier molecular flexibility index (Phi) is 7.85. The summed E-state index contributed by atoms with van der Waals surface area (Å²) in [5, 5.41) is 13.4. The molecule has 2 aromatic carbocycles. The van der Waals surface area contributed by atoms with Crippen LogP contribution in [0.2, 0.25) is 0 Å². The summed E-state index contributed by atoms with van der Waals surface area (Å²) in [5.74, 6) is -0.429. The first-order valence-corrected chi connectivity index (χ1v) is 8.80. The number of benzene rings is 2. The van der Waals surface area contributed by atoms with Gasteiger partial charge >= 0.3 is 0 Å². The Labute approximate surface area is 161 Å². The van der Waals surface area contributed by atoms with E-state index < -0.39 is 16.9 Å². The smallest absolute Gasteiger partial charge is 0.269 e. The van der Waals surface area contributed by atoms with Crippen molar-refractivity contribution < 1.29 is 14.7 Å². The van der Waals surface area contributed by atoms with Crippen molar-refractivity contribution in [1.82, 2.24) is 5.43 Å². The normalized spacial score (nSPS) is 11.3. The van der Waals surface area contributed by atoms with Crippen molar-refractivity contribution in [2.75, 3.05) is 17.3 Å². The van der Waals surface area contributed by atoms with Crippen LogP contribution in [0.15, 0.2) is 54.6 Å². The summed E-state index contributed by atoms with van der Waals surface area (Å²) in [6.45, 7) is 0.486. The van der Waals surface area contributed by atoms with Crippen LogP contribution in [0.25, 0.3) is 0 Å². The summed E-state index contributed by atoms with van der Waals surface area (Å²) >= 11 is 0. The molecule has 0 aromatic heterocycles. The van der Waals surface area contributed by atoms with Gasteiger partial charge in [-0.3, -0.25) is 14.9 Å². The zero-order valence-corrected chi connectivity index (χ0v) is 15.2. The summed E-state index contributed by atoms with van der Waals surface area (Å²) in [7, 11) is 0. The molecule has 0 fully saturated rings. The molecule has 0 spiro atoms. The summed E-state index contributed by atoms with van der Waals surface area (Å²) in [5.41, 5.74) is 11.6. The molecular weight excluding hydrogens is 364 g/mol. The molecule has 0 radical (unpaired) electrons. The Morgan fingerprint density at radius 3 is 2.29 bits per heavy atom. The fraction of sp³-hybridized carbons (Fsp3) is 0.278. The molecule has 0 aliphatic heterocycles. The number of anilines is 2. The number of amides is 1. The average molecular weight is 387 g/mol. The number of carbonyl (C=O) groups is 1. The van der Waals surface area contributed by atoms with Gasteiger partial charge in [0.1, 0.15) is 5.69 Å². The molecule has 148 valence electrons. The number of nitroso groups, excluding NO2 is 1. The maximum absolute atomic E-state index is 12.6. The van der Waals surface area contributed by atoms with E-state index in [9.17, 15) is 19.8 Å². The molecule has 0 bridgehead atoms. The first-order chi connectivity index (χ1) is 13.5. The van der Waals surface area contributed by atoms with E-state index >= 15 is 0 Å². The second-order valence-corrected chi connectivity index (χ2v) is 6.03. The van der Waals surface area contributed by atoms with Gasteiger partial charge in [-0.05, 0) is 50.1 Å². The second kappa shape index (κ2) is 10.6. The highest BCUT2D eigenvalue weighted by molar-refractivity contribution is 5.94. The molecule has 1 amide bonds. The predicted octanol–water partition coefficient (Wildman–Crippen LogP) is 2.34. The van der Waals surface area contributed by atoms with Gasteiger partial charge in [0.2, 0.25) is 0 Å². The van der Waals surface area contributed by atoms with Crippen molar-refractivity contribution in [3.8, 4) is 0 Å². The molecule has 10 heteroatoms. The summed E-state index contributed by atoms with van der Waals surface area (Å²) < 4.78 is 0. The van der Waals surface area contributed by atoms with Gasteiger partial charge in [-0.25, -0.2) is 0 Å². The number of nitrogens with one attached hydrogen (secondary N) is 3. The third-order valence-electron chi connectivity index (χ3n) is 3.89. The largest absolute Gasteiger partial charge is 0.330 e. The van der Waals surface area contributed by atoms with Crippen molar-refractivity contribution >= 4 is 23.0 Å². The van der Waals surface area contributed by atoms with Crippen molar-refractivity contribution in [3.63, 3.8) is 0 Å². The molecular formula is C18H23N6O4+. The molecule has 5 N–H and O–H groups in total. The fourth-order valence-corrected chi connectivity index (χ4v) is 2.45. The molecule has 2 rings (SSSR count). The number of nitrogens with zero attached hydrogens (tertiary/aromatic N) is 2. The van der Waals surface area contributed by atoms with E-state index in [0.29, 0.717) is 42.2 Å². The minimum absolute atomic E-state index is 0.0755. The monoisotopic (exact) mass is 387 g/mol. The highest BCUT2D eigenvalue weighted by atomic mass is 16.6. The summed E-state index contributed by atoms with van der Waals surface area (Å²) in [6, 6.07) is 13.4. The SMILES string of the molecule is NCCCC[C@H](N[N+](=O)Nc1ccccc1)C(=O)Nc1ccc([N+](=O)[O-])cc1. The number of nitro benzene ring substituents is 1. The number of nitro groups is 1. The molecule has 0 aliphatic carbocycles. The lowest BCUT2D eigenvalue weighted by Gasteiger charge is -2.14. The second-order valence-electron chi connectivity index (χ2n) is 6.03. The number of para-hydroxylation sites is 1. The molecule has 1 atom stereocenters. The molecule has 0 saturated carbocycles. The van der Waals surface area contributed by atoms with Crippen LogP contribution in [0.4, 0.5) is 17.1 Å². The van der Waals surface area contributed by atoms with Crippen LogP contribution in [0.3, 0.4) is 0 Å². The van der Waals surface area contributed by atoms with Crippen LogP contribution in [0.1, 0.15) is 19.3 Å². The number of rotatable bonds is 11. The minimum atomic E-state index is -0.810. The van der Waals surface area contributed by atoms with Gasteiger partial charge in [0.15, 0.2) is 6.04 Å². The molecule has 10 nitrogen and oxygen atoms in total. The topological polar surface area (TPSA) is 142 Å². The van der Waals surface area contributed by atoms with Crippen LogP contribution >= 0.6 is 0 Å². The zero-order valence-electron chi connectivity index (χ0n) is 15.2. The number of carbonyl (C=O) groups excluding carboxylic acids is 1. The van der Waals surface area contributed by atoms with E-state index in [4.69, 9.17) is 5.73 Å². The molecule has 28 heavy (non-hydrogen) atoms. The maximum Gasteiger partial charge on any atom is 0.269 e. The van der Waals surface area contributed by atoms with Crippen LogP contribution in [-0.2, 0) is 4.79 Å². The summed E-state index contributed by atoms with van der Waals surface area (Å²) in [6.07, 6.45) is 1.76. The van der Waals surface area contributed by atoms with Crippen molar-refractivity contribution in [1.29, 1.82) is 0 Å². The first-order valence-electron chi connectivity index (χ1n) is 8.80. The zero-order chi connectivity index (χ0) is 20.4. The molecule has 0 heterocycles. The van der Waals surface area contributed by atoms with E-state index in [0.717, 1.165) is 0 Å². The van der Waals surface area contributed by atoms with Gasteiger partial charge in [0.05, 0.1) is 9.83 Å². The lowest BCUT2D eigenvalue weighted by molar-refractivity contribution is -0.583. The Morgan fingerprint density at radius 1 is 1.00 bits per heavy atom. The molecule has 0 aliphatic rings. The van der Waals surface area contributed by atoms with Gasteiger partial charge in [-0.1, -0.05) is 23.6 Å². The average Bonchev–Trinajstić information content (AvgIpc) is 2.68. The van der Waals surface area contributed by atoms with E-state index in [-0.39, 0.29) is 5.69 Å². The predicted molar refractivity (Wildman–Crippen MR) is 105 cm³/mol. The highest BCUT2D eigenvalue weighted by Gasteiger charge is 2.25. The minimum Gasteiger partial charge on any atom is -0.330 e.